The van der Waals surface area contributed by atoms with E-state index in [9.17, 15) is 0 Å². The number of benzene rings is 1. The lowest BCUT2D eigenvalue weighted by Gasteiger charge is -2.28. The molecule has 1 N–H and O–H groups in total. The molecular weight excluding hydrogens is 398 g/mol. The van der Waals surface area contributed by atoms with Crippen LogP contribution in [0.2, 0.25) is 5.02 Å². The van der Waals surface area contributed by atoms with Crippen LogP contribution in [0.25, 0.3) is 5.69 Å². The van der Waals surface area contributed by atoms with Crippen molar-refractivity contribution in [3.63, 3.8) is 0 Å². The van der Waals surface area contributed by atoms with Gasteiger partial charge in [-0.1, -0.05) is 17.7 Å². The minimum absolute atomic E-state index is 0.211. The van der Waals surface area contributed by atoms with Gasteiger partial charge in [-0.15, -0.1) is 10.2 Å². The fraction of sp³-hybridized carbons (Fsp3) is 0.435. The van der Waals surface area contributed by atoms with Crippen LogP contribution in [0, 0.1) is 0 Å². The van der Waals surface area contributed by atoms with Gasteiger partial charge in [0.25, 0.3) is 0 Å². The first-order valence-electron chi connectivity index (χ1n) is 10.7. The fourth-order valence-corrected chi connectivity index (χ4v) is 4.91. The van der Waals surface area contributed by atoms with Gasteiger partial charge in [-0.3, -0.25) is 4.57 Å². The lowest BCUT2D eigenvalue weighted by atomic mass is 9.86. The third kappa shape index (κ3) is 3.82. The van der Waals surface area contributed by atoms with Crippen molar-refractivity contribution in [3.8, 4) is 11.6 Å². The van der Waals surface area contributed by atoms with Gasteiger partial charge in [-0.25, -0.2) is 4.98 Å². The maximum atomic E-state index is 6.31. The third-order valence-corrected chi connectivity index (χ3v) is 6.54. The average Bonchev–Trinajstić information content (AvgIpc) is 3.11. The van der Waals surface area contributed by atoms with Crippen LogP contribution in [0.15, 0.2) is 42.6 Å². The highest BCUT2D eigenvalue weighted by atomic mass is 35.5. The van der Waals surface area contributed by atoms with Crippen LogP contribution in [-0.4, -0.2) is 38.9 Å². The molecule has 1 aliphatic carbocycles. The number of nitrogens with zero attached hydrogens (tertiary/aromatic N) is 4. The lowest BCUT2D eigenvalue weighted by Crippen LogP contribution is -2.29. The molecule has 1 aromatic carbocycles. The molecular formula is C23H26ClN5O. The highest BCUT2D eigenvalue weighted by molar-refractivity contribution is 6.30. The molecule has 2 aliphatic rings. The van der Waals surface area contributed by atoms with Crippen molar-refractivity contribution in [3.05, 3.63) is 64.8 Å². The minimum Gasteiger partial charge on any atom is -0.474 e. The Hall–Kier alpha value is -2.44. The molecule has 5 rings (SSSR count). The number of pyridine rings is 1. The maximum Gasteiger partial charge on any atom is 0.213 e. The van der Waals surface area contributed by atoms with E-state index in [1.165, 1.54) is 11.3 Å². The van der Waals surface area contributed by atoms with Gasteiger partial charge in [-0.05, 0) is 69.0 Å². The normalized spacial score (nSPS) is 23.3. The number of likely N-dealkylation sites (N-methyl/N-ethyl adjacent to an activating group) is 1. The van der Waals surface area contributed by atoms with Gasteiger partial charge < -0.3 is 10.1 Å². The second-order valence-electron chi connectivity index (χ2n) is 8.24. The van der Waals surface area contributed by atoms with E-state index in [1.54, 1.807) is 6.20 Å². The molecule has 1 atom stereocenters. The first kappa shape index (κ1) is 19.5. The van der Waals surface area contributed by atoms with Crippen molar-refractivity contribution in [1.29, 1.82) is 0 Å². The van der Waals surface area contributed by atoms with E-state index in [0.717, 1.165) is 55.2 Å². The van der Waals surface area contributed by atoms with Crippen LogP contribution in [0.4, 0.5) is 0 Å². The zero-order chi connectivity index (χ0) is 20.5. The molecule has 0 bridgehead atoms. The second-order valence-corrected chi connectivity index (χ2v) is 8.67. The van der Waals surface area contributed by atoms with E-state index in [1.807, 2.05) is 31.3 Å². The summed E-state index contributed by atoms with van der Waals surface area (Å²) in [6.45, 7) is 0. The number of ether oxygens (including phenoxy) is 1. The van der Waals surface area contributed by atoms with Gasteiger partial charge in [0.15, 0.2) is 0 Å². The molecule has 156 valence electrons. The van der Waals surface area contributed by atoms with Crippen molar-refractivity contribution in [2.24, 2.45) is 0 Å². The molecule has 0 saturated heterocycles. The summed E-state index contributed by atoms with van der Waals surface area (Å²) in [5.74, 6) is 3.18. The van der Waals surface area contributed by atoms with Gasteiger partial charge in [-0.2, -0.15) is 0 Å². The van der Waals surface area contributed by atoms with Gasteiger partial charge in [0.05, 0.1) is 5.69 Å². The van der Waals surface area contributed by atoms with Crippen molar-refractivity contribution >= 4 is 11.6 Å². The van der Waals surface area contributed by atoms with E-state index < -0.39 is 0 Å². The molecule has 0 radical (unpaired) electrons. The van der Waals surface area contributed by atoms with Crippen molar-refractivity contribution in [2.75, 3.05) is 7.05 Å². The van der Waals surface area contributed by atoms with E-state index in [0.29, 0.717) is 17.8 Å². The van der Waals surface area contributed by atoms with Crippen LogP contribution in [0.3, 0.4) is 0 Å². The molecule has 1 aliphatic heterocycles. The maximum absolute atomic E-state index is 6.31. The smallest absolute Gasteiger partial charge is 0.213 e. The van der Waals surface area contributed by atoms with Crippen LogP contribution in [-0.2, 0) is 12.8 Å². The quantitative estimate of drug-likeness (QED) is 0.684. The van der Waals surface area contributed by atoms with E-state index in [-0.39, 0.29) is 6.10 Å². The Morgan fingerprint density at radius 3 is 2.70 bits per heavy atom. The number of halogens is 1. The predicted molar refractivity (Wildman–Crippen MR) is 116 cm³/mol. The number of hydrogen-bond acceptors (Lipinski definition) is 5. The molecule has 1 saturated carbocycles. The summed E-state index contributed by atoms with van der Waals surface area (Å²) in [6, 6.07) is 12.3. The highest BCUT2D eigenvalue weighted by Crippen LogP contribution is 2.36. The summed E-state index contributed by atoms with van der Waals surface area (Å²) >= 11 is 6.31. The number of hydrogen-bond donors (Lipinski definition) is 1. The van der Waals surface area contributed by atoms with Gasteiger partial charge in [0.1, 0.15) is 17.8 Å². The zero-order valence-electron chi connectivity index (χ0n) is 17.1. The predicted octanol–water partition coefficient (Wildman–Crippen LogP) is 4.11. The summed E-state index contributed by atoms with van der Waals surface area (Å²) < 4.78 is 8.36. The summed E-state index contributed by atoms with van der Waals surface area (Å²) in [6.07, 6.45) is 7.83. The molecule has 0 amide bonds. The Kier molecular flexibility index (Phi) is 5.44. The van der Waals surface area contributed by atoms with Crippen LogP contribution in [0.5, 0.6) is 5.88 Å². The van der Waals surface area contributed by atoms with E-state index in [4.69, 9.17) is 16.3 Å². The summed E-state index contributed by atoms with van der Waals surface area (Å²) in [4.78, 5) is 4.29. The number of rotatable bonds is 4. The standard InChI is InChI=1S/C23H26ClN5O/c1-25-18-13-16-12-17(24)7-10-20(16)29-21(14-18)27-28-23(29)15-5-8-19(9-6-15)30-22-4-2-3-11-26-22/h2-4,7,10-12,15,18-19,25H,5-6,8-9,13-14H2,1H3/t15-,18-,19-/m1/s1. The summed E-state index contributed by atoms with van der Waals surface area (Å²) in [7, 11) is 2.00. The van der Waals surface area contributed by atoms with Crippen molar-refractivity contribution in [1.82, 2.24) is 25.1 Å². The van der Waals surface area contributed by atoms with Crippen LogP contribution >= 0.6 is 11.6 Å². The topological polar surface area (TPSA) is 64.9 Å². The molecule has 0 spiro atoms. The monoisotopic (exact) mass is 423 g/mol. The molecule has 2 aromatic heterocycles. The Balaban J connectivity index is 1.39. The molecule has 30 heavy (non-hydrogen) atoms. The van der Waals surface area contributed by atoms with Gasteiger partial charge in [0.2, 0.25) is 5.88 Å². The third-order valence-electron chi connectivity index (χ3n) is 6.31. The van der Waals surface area contributed by atoms with Crippen LogP contribution < -0.4 is 10.1 Å². The van der Waals surface area contributed by atoms with Crippen molar-refractivity contribution in [2.45, 2.75) is 56.6 Å². The lowest BCUT2D eigenvalue weighted by molar-refractivity contribution is 0.139. The van der Waals surface area contributed by atoms with Crippen LogP contribution in [0.1, 0.15) is 48.8 Å². The average molecular weight is 424 g/mol. The summed E-state index contributed by atoms with van der Waals surface area (Å²) in [5, 5.41) is 13.4. The second kappa shape index (κ2) is 8.36. The minimum atomic E-state index is 0.211. The highest BCUT2D eigenvalue weighted by Gasteiger charge is 2.31. The van der Waals surface area contributed by atoms with E-state index in [2.05, 4.69) is 37.2 Å². The molecule has 3 aromatic rings. The van der Waals surface area contributed by atoms with Crippen molar-refractivity contribution < 1.29 is 4.74 Å². The Bertz CT molecular complexity index is 1010. The van der Waals surface area contributed by atoms with Gasteiger partial charge in [0, 0.05) is 35.7 Å². The number of fused-ring (bicyclic) bond motifs is 3. The first-order chi connectivity index (χ1) is 14.7. The first-order valence-corrected chi connectivity index (χ1v) is 11.1. The molecule has 7 heteroatoms. The molecule has 0 unspecified atom stereocenters. The number of nitrogens with one attached hydrogen (secondary N) is 1. The molecule has 6 nitrogen and oxygen atoms in total. The Labute approximate surface area is 181 Å². The van der Waals surface area contributed by atoms with E-state index >= 15 is 0 Å². The summed E-state index contributed by atoms with van der Waals surface area (Å²) in [5.41, 5.74) is 2.41. The Morgan fingerprint density at radius 1 is 1.07 bits per heavy atom. The Morgan fingerprint density at radius 2 is 1.93 bits per heavy atom. The fourth-order valence-electron chi connectivity index (χ4n) is 4.71. The van der Waals surface area contributed by atoms with Gasteiger partial charge >= 0.3 is 0 Å². The molecule has 1 fully saturated rings. The molecule has 3 heterocycles. The number of aromatic nitrogens is 4. The largest absolute Gasteiger partial charge is 0.474 e. The SMILES string of the molecule is CN[C@@H]1Cc2cc(Cl)ccc2-n2c(nnc2[C@H]2CC[C@H](Oc3ccccn3)CC2)C1. The zero-order valence-corrected chi connectivity index (χ0v) is 17.8.